The number of carbonyl (C=O) groups excluding carboxylic acids is 3. The lowest BCUT2D eigenvalue weighted by Gasteiger charge is -2.38. The van der Waals surface area contributed by atoms with Crippen molar-refractivity contribution < 1.29 is 24.2 Å². The van der Waals surface area contributed by atoms with Crippen LogP contribution in [0, 0.1) is 5.92 Å². The predicted octanol–water partition coefficient (Wildman–Crippen LogP) is 0.784. The maximum atomic E-state index is 12.1. The summed E-state index contributed by atoms with van der Waals surface area (Å²) in [5.41, 5.74) is 0. The summed E-state index contributed by atoms with van der Waals surface area (Å²) in [6, 6.07) is -0.485. The standard InChI is InChI=1S/C17H24N2O5/c1-3-9-24-17(23)19-8-4-5-12(19)6-7-13(21)10-14-15(11(2)20)16(22)18-14/h3,6-7,11-12,14-15,20H,1,4-5,8-10H2,2H3,(H,18,22)/t11-,12+,14-,15-/m1/s1. The number of ether oxygens (including phenoxy) is 1. The monoisotopic (exact) mass is 336 g/mol. The Labute approximate surface area is 141 Å². The normalized spacial score (nSPS) is 27.5. The minimum absolute atomic E-state index is 0.142. The first kappa shape index (κ1) is 18.2. The number of nitrogens with one attached hydrogen (secondary N) is 1. The molecule has 2 saturated heterocycles. The van der Waals surface area contributed by atoms with Crippen molar-refractivity contribution in [3.05, 3.63) is 24.8 Å². The molecule has 132 valence electrons. The molecule has 2 rings (SSSR count). The highest BCUT2D eigenvalue weighted by molar-refractivity contribution is 5.94. The van der Waals surface area contributed by atoms with Crippen LogP contribution in [-0.4, -0.2) is 59.1 Å². The number of aliphatic hydroxyl groups is 1. The highest BCUT2D eigenvalue weighted by Gasteiger charge is 2.42. The molecule has 2 aliphatic heterocycles. The number of carbonyl (C=O) groups is 3. The van der Waals surface area contributed by atoms with Crippen LogP contribution in [0.1, 0.15) is 26.2 Å². The predicted molar refractivity (Wildman–Crippen MR) is 87.1 cm³/mol. The summed E-state index contributed by atoms with van der Waals surface area (Å²) >= 11 is 0. The lowest BCUT2D eigenvalue weighted by Crippen LogP contribution is -2.62. The van der Waals surface area contributed by atoms with Crippen LogP contribution in [0.25, 0.3) is 0 Å². The van der Waals surface area contributed by atoms with Crippen LogP contribution in [-0.2, 0) is 14.3 Å². The van der Waals surface area contributed by atoms with E-state index in [9.17, 15) is 19.5 Å². The molecule has 0 aromatic heterocycles. The average molecular weight is 336 g/mol. The third-order valence-corrected chi connectivity index (χ3v) is 4.37. The molecule has 7 heteroatoms. The summed E-state index contributed by atoms with van der Waals surface area (Å²) in [6.45, 7) is 5.80. The first-order chi connectivity index (χ1) is 11.4. The van der Waals surface area contributed by atoms with E-state index in [1.54, 1.807) is 17.9 Å². The summed E-state index contributed by atoms with van der Waals surface area (Å²) < 4.78 is 5.03. The molecule has 7 nitrogen and oxygen atoms in total. The molecule has 0 saturated carbocycles. The van der Waals surface area contributed by atoms with Crippen LogP contribution in [0.4, 0.5) is 4.79 Å². The molecule has 2 heterocycles. The molecule has 0 bridgehead atoms. The van der Waals surface area contributed by atoms with E-state index in [-0.39, 0.29) is 36.8 Å². The number of hydrogen-bond donors (Lipinski definition) is 2. The Hall–Kier alpha value is -2.15. The summed E-state index contributed by atoms with van der Waals surface area (Å²) in [5, 5.41) is 12.2. The van der Waals surface area contributed by atoms with Gasteiger partial charge in [-0.1, -0.05) is 18.7 Å². The van der Waals surface area contributed by atoms with Gasteiger partial charge in [0, 0.05) is 13.0 Å². The Morgan fingerprint density at radius 3 is 2.92 bits per heavy atom. The van der Waals surface area contributed by atoms with Crippen molar-refractivity contribution in [3.8, 4) is 0 Å². The van der Waals surface area contributed by atoms with Crippen molar-refractivity contribution in [1.29, 1.82) is 0 Å². The molecule has 2 aliphatic rings. The molecule has 2 fully saturated rings. The van der Waals surface area contributed by atoms with Crippen LogP contribution in [0.2, 0.25) is 0 Å². The van der Waals surface area contributed by atoms with Gasteiger partial charge in [0.2, 0.25) is 5.91 Å². The fourth-order valence-electron chi connectivity index (χ4n) is 3.12. The smallest absolute Gasteiger partial charge is 0.410 e. The van der Waals surface area contributed by atoms with Gasteiger partial charge in [0.25, 0.3) is 0 Å². The van der Waals surface area contributed by atoms with E-state index < -0.39 is 18.1 Å². The minimum atomic E-state index is -0.773. The zero-order valence-corrected chi connectivity index (χ0v) is 13.8. The third-order valence-electron chi connectivity index (χ3n) is 4.37. The van der Waals surface area contributed by atoms with Crippen molar-refractivity contribution in [2.24, 2.45) is 5.92 Å². The van der Waals surface area contributed by atoms with Gasteiger partial charge in [-0.2, -0.15) is 0 Å². The van der Waals surface area contributed by atoms with E-state index in [0.29, 0.717) is 6.54 Å². The number of hydrogen-bond acceptors (Lipinski definition) is 5. The summed E-state index contributed by atoms with van der Waals surface area (Å²) in [5.74, 6) is -0.894. The van der Waals surface area contributed by atoms with Crippen molar-refractivity contribution in [2.75, 3.05) is 13.2 Å². The van der Waals surface area contributed by atoms with Gasteiger partial charge >= 0.3 is 6.09 Å². The maximum Gasteiger partial charge on any atom is 0.410 e. The molecule has 0 spiro atoms. The van der Waals surface area contributed by atoms with Gasteiger partial charge in [-0.25, -0.2) is 4.79 Å². The lowest BCUT2D eigenvalue weighted by atomic mass is 9.83. The van der Waals surface area contributed by atoms with Crippen LogP contribution in [0.3, 0.4) is 0 Å². The van der Waals surface area contributed by atoms with Gasteiger partial charge in [-0.15, -0.1) is 0 Å². The summed E-state index contributed by atoms with van der Waals surface area (Å²) in [6.07, 6.45) is 5.27. The zero-order chi connectivity index (χ0) is 17.7. The van der Waals surface area contributed by atoms with E-state index in [4.69, 9.17) is 4.74 Å². The highest BCUT2D eigenvalue weighted by atomic mass is 16.6. The fourth-order valence-corrected chi connectivity index (χ4v) is 3.12. The second-order valence-corrected chi connectivity index (χ2v) is 6.18. The van der Waals surface area contributed by atoms with Gasteiger partial charge in [-0.05, 0) is 25.8 Å². The van der Waals surface area contributed by atoms with E-state index in [2.05, 4.69) is 11.9 Å². The van der Waals surface area contributed by atoms with E-state index in [1.807, 2.05) is 0 Å². The van der Waals surface area contributed by atoms with E-state index >= 15 is 0 Å². The van der Waals surface area contributed by atoms with Crippen LogP contribution < -0.4 is 5.32 Å². The van der Waals surface area contributed by atoms with Crippen LogP contribution >= 0.6 is 0 Å². The Morgan fingerprint density at radius 1 is 1.54 bits per heavy atom. The molecule has 0 aromatic carbocycles. The number of β-lactam (4-membered cyclic amide) rings is 1. The topological polar surface area (TPSA) is 95.9 Å². The maximum absolute atomic E-state index is 12.1. The molecule has 0 aromatic rings. The Bertz CT molecular complexity index is 543. The van der Waals surface area contributed by atoms with Gasteiger partial charge in [-0.3, -0.25) is 9.59 Å². The van der Waals surface area contributed by atoms with Gasteiger partial charge in [0.15, 0.2) is 5.78 Å². The number of rotatable bonds is 7. The number of allylic oxidation sites excluding steroid dienone is 1. The first-order valence-electron chi connectivity index (χ1n) is 8.17. The molecule has 0 radical (unpaired) electrons. The Kier molecular flexibility index (Phi) is 6.14. The largest absolute Gasteiger partial charge is 0.445 e. The molecule has 4 atom stereocenters. The second-order valence-electron chi connectivity index (χ2n) is 6.18. The van der Waals surface area contributed by atoms with Crippen molar-refractivity contribution in [1.82, 2.24) is 10.2 Å². The summed E-state index contributed by atoms with van der Waals surface area (Å²) in [7, 11) is 0. The minimum Gasteiger partial charge on any atom is -0.445 e. The Balaban J connectivity index is 1.85. The molecule has 0 aliphatic carbocycles. The van der Waals surface area contributed by atoms with Gasteiger partial charge < -0.3 is 20.1 Å². The number of amides is 2. The number of likely N-dealkylation sites (tertiary alicyclic amines) is 1. The molecule has 2 amide bonds. The first-order valence-corrected chi connectivity index (χ1v) is 8.17. The van der Waals surface area contributed by atoms with Crippen molar-refractivity contribution >= 4 is 17.8 Å². The average Bonchev–Trinajstić information content (AvgIpc) is 2.97. The van der Waals surface area contributed by atoms with E-state index in [0.717, 1.165) is 12.8 Å². The lowest BCUT2D eigenvalue weighted by molar-refractivity contribution is -0.141. The zero-order valence-electron chi connectivity index (χ0n) is 13.8. The molecular weight excluding hydrogens is 312 g/mol. The van der Waals surface area contributed by atoms with Gasteiger partial charge in [0.05, 0.1) is 24.1 Å². The van der Waals surface area contributed by atoms with E-state index in [1.165, 1.54) is 12.2 Å². The molecule has 2 N–H and O–H groups in total. The number of nitrogens with zero attached hydrogens (tertiary/aromatic N) is 1. The van der Waals surface area contributed by atoms with Crippen molar-refractivity contribution in [2.45, 2.75) is 44.4 Å². The molecule has 0 unspecified atom stereocenters. The fraction of sp³-hybridized carbons (Fsp3) is 0.588. The number of ketones is 1. The second kappa shape index (κ2) is 8.10. The number of aliphatic hydroxyl groups excluding tert-OH is 1. The third kappa shape index (κ3) is 4.23. The molecule has 24 heavy (non-hydrogen) atoms. The summed E-state index contributed by atoms with van der Waals surface area (Å²) in [4.78, 5) is 36.9. The van der Waals surface area contributed by atoms with Crippen molar-refractivity contribution in [3.63, 3.8) is 0 Å². The van der Waals surface area contributed by atoms with Crippen LogP contribution in [0.15, 0.2) is 24.8 Å². The quantitative estimate of drug-likeness (QED) is 0.407. The van der Waals surface area contributed by atoms with Gasteiger partial charge in [0.1, 0.15) is 6.61 Å². The molecular formula is C17H24N2O5. The van der Waals surface area contributed by atoms with Crippen LogP contribution in [0.5, 0.6) is 0 Å². The Morgan fingerprint density at radius 2 is 2.29 bits per heavy atom. The SMILES string of the molecule is C=CCOC(=O)N1CCC[C@H]1C=CC(=O)C[C@H]1NC(=O)[C@@H]1[C@@H](C)O. The highest BCUT2D eigenvalue weighted by Crippen LogP contribution is 2.23.